The highest BCUT2D eigenvalue weighted by atomic mass is 35.5. The van der Waals surface area contributed by atoms with Gasteiger partial charge in [-0.25, -0.2) is 9.97 Å². The molecule has 0 aliphatic heterocycles. The van der Waals surface area contributed by atoms with E-state index < -0.39 is 0 Å². The molecule has 4 rings (SSSR count). The molecule has 0 unspecified atom stereocenters. The molecule has 0 aliphatic carbocycles. The Hall–Kier alpha value is -2.19. The van der Waals surface area contributed by atoms with Crippen LogP contribution in [0.25, 0.3) is 32.8 Å². The van der Waals surface area contributed by atoms with Crippen LogP contribution in [0, 0.1) is 0 Å². The van der Waals surface area contributed by atoms with Crippen LogP contribution in [0.1, 0.15) is 0 Å². The lowest BCUT2D eigenvalue weighted by atomic mass is 10.1. The number of rotatable bonds is 0. The van der Waals surface area contributed by atoms with Gasteiger partial charge in [0.2, 0.25) is 0 Å². The van der Waals surface area contributed by atoms with Crippen LogP contribution in [0.4, 0.5) is 0 Å². The minimum absolute atomic E-state index is 0.718. The molecule has 0 amide bonds. The van der Waals surface area contributed by atoms with E-state index >= 15 is 0 Å². The highest BCUT2D eigenvalue weighted by Gasteiger charge is 2.05. The molecule has 0 N–H and O–H groups in total. The molecule has 0 radical (unpaired) electrons. The first-order valence-electron chi connectivity index (χ1n) is 6.06. The third-order valence-corrected chi connectivity index (χ3v) is 3.52. The van der Waals surface area contributed by atoms with Gasteiger partial charge in [0, 0.05) is 10.4 Å². The monoisotopic (exact) mass is 264 g/mol. The second kappa shape index (κ2) is 3.90. The number of fused-ring (bicyclic) bond motifs is 4. The third kappa shape index (κ3) is 1.65. The smallest absolute Gasteiger partial charge is 0.0973 e. The van der Waals surface area contributed by atoms with Gasteiger partial charge in [-0.15, -0.1) is 0 Å². The molecule has 0 saturated heterocycles. The molecule has 0 bridgehead atoms. The van der Waals surface area contributed by atoms with Crippen LogP contribution in [0.2, 0.25) is 5.02 Å². The fraction of sp³-hybridized carbons (Fsp3) is 0. The molecule has 3 heteroatoms. The summed E-state index contributed by atoms with van der Waals surface area (Å²) in [6, 6.07) is 17.8. The summed E-state index contributed by atoms with van der Waals surface area (Å²) in [5.74, 6) is 0. The minimum Gasteiger partial charge on any atom is -0.244 e. The predicted molar refractivity (Wildman–Crippen MR) is 79.6 cm³/mol. The second-order valence-corrected chi connectivity index (χ2v) is 4.95. The van der Waals surface area contributed by atoms with Crippen molar-refractivity contribution in [2.24, 2.45) is 0 Å². The van der Waals surface area contributed by atoms with Gasteiger partial charge in [-0.2, -0.15) is 0 Å². The van der Waals surface area contributed by atoms with Crippen molar-refractivity contribution in [3.8, 4) is 0 Å². The van der Waals surface area contributed by atoms with E-state index in [2.05, 4.69) is 11.1 Å². The molecule has 2 nitrogen and oxygen atoms in total. The standard InChI is InChI=1S/C16H9ClN2/c17-11-7-5-10-6-8-15-16(12(10)9-11)19-14-4-2-1-3-13(14)18-15/h1-9H. The van der Waals surface area contributed by atoms with E-state index in [1.165, 1.54) is 0 Å². The zero-order valence-electron chi connectivity index (χ0n) is 9.97. The van der Waals surface area contributed by atoms with Crippen molar-refractivity contribution in [2.45, 2.75) is 0 Å². The Kier molecular flexibility index (Phi) is 2.20. The molecule has 0 atom stereocenters. The lowest BCUT2D eigenvalue weighted by Gasteiger charge is -2.05. The van der Waals surface area contributed by atoms with E-state index in [0.29, 0.717) is 0 Å². The molecule has 90 valence electrons. The molecule has 4 aromatic rings. The number of halogens is 1. The van der Waals surface area contributed by atoms with Crippen molar-refractivity contribution < 1.29 is 0 Å². The van der Waals surface area contributed by atoms with Crippen LogP contribution in [0.5, 0.6) is 0 Å². The summed E-state index contributed by atoms with van der Waals surface area (Å²) in [7, 11) is 0. The van der Waals surface area contributed by atoms with Crippen molar-refractivity contribution in [3.05, 3.63) is 59.6 Å². The van der Waals surface area contributed by atoms with Crippen LogP contribution in [-0.4, -0.2) is 9.97 Å². The minimum atomic E-state index is 0.718. The Morgan fingerprint density at radius 3 is 2.32 bits per heavy atom. The first-order valence-corrected chi connectivity index (χ1v) is 6.44. The molecule has 0 spiro atoms. The fourth-order valence-corrected chi connectivity index (χ4v) is 2.55. The molecule has 3 aromatic carbocycles. The second-order valence-electron chi connectivity index (χ2n) is 4.51. The van der Waals surface area contributed by atoms with E-state index in [0.717, 1.165) is 37.9 Å². The largest absolute Gasteiger partial charge is 0.244 e. The SMILES string of the molecule is Clc1ccc2ccc3nc4ccccc4nc3c2c1. The first-order chi connectivity index (χ1) is 9.31. The summed E-state index contributed by atoms with van der Waals surface area (Å²) >= 11 is 6.09. The van der Waals surface area contributed by atoms with Gasteiger partial charge >= 0.3 is 0 Å². The van der Waals surface area contributed by atoms with Crippen LogP contribution in [0.3, 0.4) is 0 Å². The Bertz CT molecular complexity index is 931. The Balaban J connectivity index is 2.25. The Morgan fingerprint density at radius 2 is 1.47 bits per heavy atom. The first kappa shape index (κ1) is 10.7. The number of nitrogens with zero attached hydrogens (tertiary/aromatic N) is 2. The lowest BCUT2D eigenvalue weighted by molar-refractivity contribution is 1.41. The van der Waals surface area contributed by atoms with E-state index in [1.807, 2.05) is 48.5 Å². The number of hydrogen-bond acceptors (Lipinski definition) is 2. The number of benzene rings is 3. The van der Waals surface area contributed by atoms with Crippen LogP contribution < -0.4 is 0 Å². The van der Waals surface area contributed by atoms with Gasteiger partial charge in [0.05, 0.1) is 22.1 Å². The van der Waals surface area contributed by atoms with E-state index in [4.69, 9.17) is 16.6 Å². The maximum absolute atomic E-state index is 6.09. The third-order valence-electron chi connectivity index (χ3n) is 3.29. The van der Waals surface area contributed by atoms with Crippen molar-refractivity contribution in [3.63, 3.8) is 0 Å². The molecular weight excluding hydrogens is 256 g/mol. The molecule has 0 saturated carbocycles. The summed E-state index contributed by atoms with van der Waals surface area (Å²) in [5.41, 5.74) is 3.62. The average molecular weight is 265 g/mol. The molecule has 0 aliphatic rings. The molecule has 0 fully saturated rings. The molecule has 1 aromatic heterocycles. The fourth-order valence-electron chi connectivity index (χ4n) is 2.38. The summed E-state index contributed by atoms with van der Waals surface area (Å²) in [6.45, 7) is 0. The average Bonchev–Trinajstić information content (AvgIpc) is 2.45. The van der Waals surface area contributed by atoms with Crippen molar-refractivity contribution >= 4 is 44.4 Å². The topological polar surface area (TPSA) is 25.8 Å². The summed E-state index contributed by atoms with van der Waals surface area (Å²) < 4.78 is 0. The van der Waals surface area contributed by atoms with Gasteiger partial charge in [0.25, 0.3) is 0 Å². The maximum atomic E-state index is 6.09. The lowest BCUT2D eigenvalue weighted by Crippen LogP contribution is -1.88. The zero-order chi connectivity index (χ0) is 12.8. The number of para-hydroxylation sites is 2. The van der Waals surface area contributed by atoms with Gasteiger partial charge in [-0.1, -0.05) is 35.9 Å². The van der Waals surface area contributed by atoms with Crippen molar-refractivity contribution in [2.75, 3.05) is 0 Å². The highest BCUT2D eigenvalue weighted by Crippen LogP contribution is 2.27. The number of aromatic nitrogens is 2. The van der Waals surface area contributed by atoms with Gasteiger partial charge in [-0.05, 0) is 35.7 Å². The summed E-state index contributed by atoms with van der Waals surface area (Å²) in [6.07, 6.45) is 0. The predicted octanol–water partition coefficient (Wildman–Crippen LogP) is 4.59. The van der Waals surface area contributed by atoms with Crippen LogP contribution in [0.15, 0.2) is 54.6 Å². The molecule has 19 heavy (non-hydrogen) atoms. The number of hydrogen-bond donors (Lipinski definition) is 0. The summed E-state index contributed by atoms with van der Waals surface area (Å²) in [4.78, 5) is 9.38. The Morgan fingerprint density at radius 1 is 0.737 bits per heavy atom. The van der Waals surface area contributed by atoms with Gasteiger partial charge in [-0.3, -0.25) is 0 Å². The van der Waals surface area contributed by atoms with E-state index in [-0.39, 0.29) is 0 Å². The van der Waals surface area contributed by atoms with Crippen LogP contribution in [-0.2, 0) is 0 Å². The summed E-state index contributed by atoms with van der Waals surface area (Å²) in [5, 5.41) is 2.89. The van der Waals surface area contributed by atoms with Gasteiger partial charge < -0.3 is 0 Å². The molecular formula is C16H9ClN2. The Labute approximate surface area is 114 Å². The maximum Gasteiger partial charge on any atom is 0.0973 e. The normalized spacial score (nSPS) is 11.4. The van der Waals surface area contributed by atoms with E-state index in [9.17, 15) is 0 Å². The molecule has 1 heterocycles. The highest BCUT2D eigenvalue weighted by molar-refractivity contribution is 6.31. The van der Waals surface area contributed by atoms with Crippen molar-refractivity contribution in [1.29, 1.82) is 0 Å². The van der Waals surface area contributed by atoms with Crippen LogP contribution >= 0.6 is 11.6 Å². The quantitative estimate of drug-likeness (QED) is 0.343. The van der Waals surface area contributed by atoms with Gasteiger partial charge in [0.1, 0.15) is 0 Å². The zero-order valence-corrected chi connectivity index (χ0v) is 10.7. The van der Waals surface area contributed by atoms with Gasteiger partial charge in [0.15, 0.2) is 0 Å². The van der Waals surface area contributed by atoms with Crippen molar-refractivity contribution in [1.82, 2.24) is 9.97 Å². The van der Waals surface area contributed by atoms with E-state index in [1.54, 1.807) is 0 Å².